The van der Waals surface area contributed by atoms with Gasteiger partial charge in [0.2, 0.25) is 5.91 Å². The van der Waals surface area contributed by atoms with Gasteiger partial charge in [-0.05, 0) is 37.6 Å². The van der Waals surface area contributed by atoms with Crippen molar-refractivity contribution in [2.75, 3.05) is 30.7 Å². The molecule has 19 heavy (non-hydrogen) atoms. The van der Waals surface area contributed by atoms with Crippen molar-refractivity contribution in [1.29, 1.82) is 0 Å². The fraction of sp³-hybridized carbons (Fsp3) is 0.462. The van der Waals surface area contributed by atoms with Crippen LogP contribution in [-0.4, -0.2) is 41.7 Å². The van der Waals surface area contributed by atoms with Gasteiger partial charge in [-0.25, -0.2) is 4.39 Å². The molecule has 0 spiro atoms. The predicted octanol–water partition coefficient (Wildman–Crippen LogP) is 0.803. The summed E-state index contributed by atoms with van der Waals surface area (Å²) in [5.74, 6) is -0.697. The molecule has 1 atom stereocenters. The first-order valence-corrected chi connectivity index (χ1v) is 6.30. The number of rotatable bonds is 3. The number of nitrogens with one attached hydrogen (secondary N) is 1. The average molecular weight is 267 g/mol. The Morgan fingerprint density at radius 1 is 1.58 bits per heavy atom. The lowest BCUT2D eigenvalue weighted by atomic mass is 10.1. The predicted molar refractivity (Wildman–Crippen MR) is 71.1 cm³/mol. The molecule has 1 saturated heterocycles. The van der Waals surface area contributed by atoms with Crippen LogP contribution in [0.3, 0.4) is 0 Å². The number of nitrogens with two attached hydrogens (primary N) is 1. The molecule has 6 heteroatoms. The zero-order valence-electron chi connectivity index (χ0n) is 10.6. The third-order valence-electron chi connectivity index (χ3n) is 3.13. The quantitative estimate of drug-likeness (QED) is 0.708. The van der Waals surface area contributed by atoms with Gasteiger partial charge in [0.15, 0.2) is 0 Å². The molecule has 5 nitrogen and oxygen atoms in total. The smallest absolute Gasteiger partial charge is 0.238 e. The number of nitrogen functional groups attached to an aromatic ring is 1. The fourth-order valence-corrected chi connectivity index (χ4v) is 2.20. The third kappa shape index (κ3) is 3.90. The summed E-state index contributed by atoms with van der Waals surface area (Å²) in [6, 6.07) is 4.07. The van der Waals surface area contributed by atoms with E-state index < -0.39 is 5.82 Å². The largest absolute Gasteiger partial charge is 0.396 e. The van der Waals surface area contributed by atoms with Gasteiger partial charge in [-0.2, -0.15) is 0 Å². The SMILES string of the molecule is Nc1cc(NC(=O)CN2CCCC(O)C2)ccc1F. The minimum Gasteiger partial charge on any atom is -0.396 e. The van der Waals surface area contributed by atoms with Crippen LogP contribution in [0, 0.1) is 5.82 Å². The number of nitrogens with zero attached hydrogens (tertiary/aromatic N) is 1. The Hall–Kier alpha value is -1.66. The van der Waals surface area contributed by atoms with E-state index in [9.17, 15) is 14.3 Å². The average Bonchev–Trinajstić information content (AvgIpc) is 2.34. The van der Waals surface area contributed by atoms with Crippen LogP contribution < -0.4 is 11.1 Å². The fourth-order valence-electron chi connectivity index (χ4n) is 2.20. The van der Waals surface area contributed by atoms with E-state index in [0.29, 0.717) is 12.2 Å². The monoisotopic (exact) mass is 267 g/mol. The van der Waals surface area contributed by atoms with E-state index in [0.717, 1.165) is 19.4 Å². The highest BCUT2D eigenvalue weighted by atomic mass is 19.1. The van der Waals surface area contributed by atoms with Gasteiger partial charge in [0, 0.05) is 12.2 Å². The van der Waals surface area contributed by atoms with Crippen molar-refractivity contribution in [2.24, 2.45) is 0 Å². The van der Waals surface area contributed by atoms with E-state index in [1.165, 1.54) is 18.2 Å². The molecule has 1 unspecified atom stereocenters. The minimum absolute atomic E-state index is 0.00574. The molecule has 0 bridgehead atoms. The molecular weight excluding hydrogens is 249 g/mol. The normalized spacial score (nSPS) is 20.2. The van der Waals surface area contributed by atoms with Crippen LogP contribution in [0.1, 0.15) is 12.8 Å². The van der Waals surface area contributed by atoms with Gasteiger partial charge in [-0.3, -0.25) is 9.69 Å². The number of amides is 1. The molecule has 1 aromatic rings. The number of halogens is 1. The lowest BCUT2D eigenvalue weighted by molar-refractivity contribution is -0.118. The highest BCUT2D eigenvalue weighted by Gasteiger charge is 2.19. The molecule has 1 aromatic carbocycles. The van der Waals surface area contributed by atoms with E-state index in [-0.39, 0.29) is 24.2 Å². The van der Waals surface area contributed by atoms with Crippen molar-refractivity contribution in [2.45, 2.75) is 18.9 Å². The van der Waals surface area contributed by atoms with Crippen LogP contribution >= 0.6 is 0 Å². The van der Waals surface area contributed by atoms with E-state index in [4.69, 9.17) is 5.73 Å². The lowest BCUT2D eigenvalue weighted by Gasteiger charge is -2.29. The Kier molecular flexibility index (Phi) is 4.34. The van der Waals surface area contributed by atoms with Crippen LogP contribution in [0.2, 0.25) is 0 Å². The van der Waals surface area contributed by atoms with E-state index in [1.54, 1.807) is 0 Å². The van der Waals surface area contributed by atoms with E-state index in [1.807, 2.05) is 4.90 Å². The maximum absolute atomic E-state index is 13.0. The number of benzene rings is 1. The molecule has 0 aromatic heterocycles. The number of β-amino-alcohol motifs (C(OH)–C–C–N with tert-alkyl or cyclic N) is 1. The molecule has 0 saturated carbocycles. The van der Waals surface area contributed by atoms with Crippen molar-refractivity contribution in [3.8, 4) is 0 Å². The van der Waals surface area contributed by atoms with Crippen molar-refractivity contribution in [3.63, 3.8) is 0 Å². The molecule has 1 aliphatic heterocycles. The molecule has 4 N–H and O–H groups in total. The topological polar surface area (TPSA) is 78.6 Å². The first-order valence-electron chi connectivity index (χ1n) is 6.30. The maximum Gasteiger partial charge on any atom is 0.238 e. The summed E-state index contributed by atoms with van der Waals surface area (Å²) >= 11 is 0. The van der Waals surface area contributed by atoms with Gasteiger partial charge in [-0.15, -0.1) is 0 Å². The van der Waals surface area contributed by atoms with Crippen molar-refractivity contribution < 1.29 is 14.3 Å². The molecule has 0 radical (unpaired) electrons. The summed E-state index contributed by atoms with van der Waals surface area (Å²) in [7, 11) is 0. The van der Waals surface area contributed by atoms with Crippen molar-refractivity contribution >= 4 is 17.3 Å². The number of carbonyl (C=O) groups excluding carboxylic acids is 1. The number of hydrogen-bond acceptors (Lipinski definition) is 4. The van der Waals surface area contributed by atoms with E-state index in [2.05, 4.69) is 5.32 Å². The van der Waals surface area contributed by atoms with Gasteiger partial charge in [0.1, 0.15) is 5.82 Å². The molecule has 1 aliphatic rings. The zero-order valence-corrected chi connectivity index (χ0v) is 10.6. The second kappa shape index (κ2) is 5.99. The third-order valence-corrected chi connectivity index (χ3v) is 3.13. The summed E-state index contributed by atoms with van der Waals surface area (Å²) in [6.07, 6.45) is 1.31. The molecule has 1 amide bonds. The van der Waals surface area contributed by atoms with Crippen LogP contribution in [0.5, 0.6) is 0 Å². The van der Waals surface area contributed by atoms with Gasteiger partial charge in [-0.1, -0.05) is 0 Å². The Morgan fingerprint density at radius 2 is 2.37 bits per heavy atom. The van der Waals surface area contributed by atoms with Crippen molar-refractivity contribution in [3.05, 3.63) is 24.0 Å². The van der Waals surface area contributed by atoms with Crippen molar-refractivity contribution in [1.82, 2.24) is 4.90 Å². The van der Waals surface area contributed by atoms with Gasteiger partial charge in [0.25, 0.3) is 0 Å². The Morgan fingerprint density at radius 3 is 3.05 bits per heavy atom. The highest BCUT2D eigenvalue weighted by Crippen LogP contribution is 2.16. The number of aliphatic hydroxyl groups excluding tert-OH is 1. The van der Waals surface area contributed by atoms with Gasteiger partial charge in [0.05, 0.1) is 18.3 Å². The number of hydrogen-bond donors (Lipinski definition) is 3. The number of anilines is 2. The van der Waals surface area contributed by atoms with Crippen LogP contribution in [0.4, 0.5) is 15.8 Å². The lowest BCUT2D eigenvalue weighted by Crippen LogP contribution is -2.42. The second-order valence-electron chi connectivity index (χ2n) is 4.82. The van der Waals surface area contributed by atoms with Crippen LogP contribution in [0.15, 0.2) is 18.2 Å². The molecular formula is C13H18FN3O2. The number of aliphatic hydroxyl groups is 1. The van der Waals surface area contributed by atoms with Crippen LogP contribution in [0.25, 0.3) is 0 Å². The summed E-state index contributed by atoms with van der Waals surface area (Å²) in [5, 5.41) is 12.2. The van der Waals surface area contributed by atoms with Crippen LogP contribution in [-0.2, 0) is 4.79 Å². The number of piperidine rings is 1. The molecule has 104 valence electrons. The summed E-state index contributed by atoms with van der Waals surface area (Å²) in [6.45, 7) is 1.53. The standard InChI is InChI=1S/C13H18FN3O2/c14-11-4-3-9(6-12(11)15)16-13(19)8-17-5-1-2-10(18)7-17/h3-4,6,10,18H,1-2,5,7-8,15H2,(H,16,19). The first-order chi connectivity index (χ1) is 9.04. The molecule has 0 aliphatic carbocycles. The minimum atomic E-state index is -0.503. The second-order valence-corrected chi connectivity index (χ2v) is 4.82. The summed E-state index contributed by atoms with van der Waals surface area (Å²) in [5.41, 5.74) is 5.91. The van der Waals surface area contributed by atoms with Gasteiger partial charge < -0.3 is 16.2 Å². The van der Waals surface area contributed by atoms with Gasteiger partial charge >= 0.3 is 0 Å². The Balaban J connectivity index is 1.88. The molecule has 1 heterocycles. The highest BCUT2D eigenvalue weighted by molar-refractivity contribution is 5.92. The molecule has 2 rings (SSSR count). The maximum atomic E-state index is 13.0. The Bertz CT molecular complexity index is 467. The molecule has 1 fully saturated rings. The zero-order chi connectivity index (χ0) is 13.8. The number of likely N-dealkylation sites (tertiary alicyclic amines) is 1. The number of carbonyl (C=O) groups is 1. The summed E-state index contributed by atoms with van der Waals surface area (Å²) in [4.78, 5) is 13.7. The van der Waals surface area contributed by atoms with E-state index >= 15 is 0 Å². The summed E-state index contributed by atoms with van der Waals surface area (Å²) < 4.78 is 13.0. The Labute approximate surface area is 111 Å². The first kappa shape index (κ1) is 13.8.